The van der Waals surface area contributed by atoms with Crippen molar-refractivity contribution < 1.29 is 4.74 Å². The molecular formula is C11H20N2O. The van der Waals surface area contributed by atoms with Gasteiger partial charge in [0, 0.05) is 25.5 Å². The number of rotatable bonds is 6. The Labute approximate surface area is 86.1 Å². The summed E-state index contributed by atoms with van der Waals surface area (Å²) >= 11 is 0. The van der Waals surface area contributed by atoms with E-state index in [1.807, 2.05) is 13.3 Å². The molecule has 0 aliphatic heterocycles. The van der Waals surface area contributed by atoms with Gasteiger partial charge in [-0.1, -0.05) is 6.92 Å². The number of aromatic nitrogens is 2. The molecule has 3 nitrogen and oxygen atoms in total. The van der Waals surface area contributed by atoms with Crippen LogP contribution in [0.4, 0.5) is 0 Å². The minimum Gasteiger partial charge on any atom is -0.381 e. The highest BCUT2D eigenvalue weighted by Crippen LogP contribution is 2.04. The maximum atomic E-state index is 5.42. The van der Waals surface area contributed by atoms with Gasteiger partial charge in [-0.15, -0.1) is 0 Å². The topological polar surface area (TPSA) is 27.1 Å². The fraction of sp³-hybridized carbons (Fsp3) is 0.727. The molecule has 0 aromatic carbocycles. The lowest BCUT2D eigenvalue weighted by atomic mass is 10.3. The maximum absolute atomic E-state index is 5.42. The van der Waals surface area contributed by atoms with E-state index in [1.54, 1.807) is 0 Å². The minimum atomic E-state index is 0.852. The number of nitrogens with zero attached hydrogens (tertiary/aromatic N) is 2. The first-order chi connectivity index (χ1) is 6.75. The van der Waals surface area contributed by atoms with Gasteiger partial charge in [-0.3, -0.25) is 0 Å². The molecule has 1 aromatic heterocycles. The third-order valence-corrected chi connectivity index (χ3v) is 2.38. The first kappa shape index (κ1) is 11.2. The van der Waals surface area contributed by atoms with E-state index >= 15 is 0 Å². The largest absolute Gasteiger partial charge is 0.381 e. The van der Waals surface area contributed by atoms with E-state index in [0.717, 1.165) is 38.3 Å². The molecule has 1 rings (SSSR count). The van der Waals surface area contributed by atoms with E-state index in [0.29, 0.717) is 0 Å². The maximum Gasteiger partial charge on any atom is 0.0951 e. The van der Waals surface area contributed by atoms with Crippen LogP contribution >= 0.6 is 0 Å². The lowest BCUT2D eigenvalue weighted by Crippen LogP contribution is -2.03. The van der Waals surface area contributed by atoms with Crippen molar-refractivity contribution in [2.75, 3.05) is 13.2 Å². The van der Waals surface area contributed by atoms with Gasteiger partial charge in [0.25, 0.3) is 0 Å². The van der Waals surface area contributed by atoms with Crippen molar-refractivity contribution in [3.8, 4) is 0 Å². The summed E-state index contributed by atoms with van der Waals surface area (Å²) < 4.78 is 7.60. The minimum absolute atomic E-state index is 0.852. The van der Waals surface area contributed by atoms with Gasteiger partial charge in [-0.25, -0.2) is 4.98 Å². The van der Waals surface area contributed by atoms with Gasteiger partial charge in [0.1, 0.15) is 0 Å². The van der Waals surface area contributed by atoms with Crippen LogP contribution in [0.1, 0.15) is 31.2 Å². The number of imidazole rings is 1. The van der Waals surface area contributed by atoms with E-state index < -0.39 is 0 Å². The third kappa shape index (κ3) is 3.14. The molecule has 1 aromatic rings. The quantitative estimate of drug-likeness (QED) is 0.653. The van der Waals surface area contributed by atoms with Crippen molar-refractivity contribution in [1.82, 2.24) is 9.55 Å². The Hall–Kier alpha value is -0.830. The van der Waals surface area contributed by atoms with Crippen LogP contribution in [0.2, 0.25) is 0 Å². The molecular weight excluding hydrogens is 176 g/mol. The van der Waals surface area contributed by atoms with Gasteiger partial charge in [0.15, 0.2) is 0 Å². The predicted octanol–water partition coefficient (Wildman–Crippen LogP) is 2.32. The van der Waals surface area contributed by atoms with Crippen LogP contribution in [0.15, 0.2) is 6.33 Å². The zero-order chi connectivity index (χ0) is 10.4. The standard InChI is InChI=1S/C11H20N2O/c1-4-7-14-8-5-6-13-9-12-10(2)11(13)3/h9H,4-8H2,1-3H3. The fourth-order valence-corrected chi connectivity index (χ4v) is 1.35. The van der Waals surface area contributed by atoms with E-state index in [2.05, 4.69) is 23.4 Å². The van der Waals surface area contributed by atoms with E-state index in [1.165, 1.54) is 5.69 Å². The average molecular weight is 196 g/mol. The first-order valence-corrected chi connectivity index (χ1v) is 5.31. The second-order valence-corrected chi connectivity index (χ2v) is 3.57. The molecule has 0 N–H and O–H groups in total. The van der Waals surface area contributed by atoms with Gasteiger partial charge in [-0.2, -0.15) is 0 Å². The smallest absolute Gasteiger partial charge is 0.0951 e. The van der Waals surface area contributed by atoms with Crippen LogP contribution in [0.25, 0.3) is 0 Å². The molecule has 3 heteroatoms. The summed E-state index contributed by atoms with van der Waals surface area (Å²) in [6.45, 7) is 9.01. The molecule has 0 radical (unpaired) electrons. The van der Waals surface area contributed by atoms with Gasteiger partial charge >= 0.3 is 0 Å². The normalized spacial score (nSPS) is 10.8. The lowest BCUT2D eigenvalue weighted by molar-refractivity contribution is 0.129. The second kappa shape index (κ2) is 5.81. The molecule has 1 heterocycles. The Morgan fingerprint density at radius 3 is 2.71 bits per heavy atom. The fourth-order valence-electron chi connectivity index (χ4n) is 1.35. The van der Waals surface area contributed by atoms with Crippen molar-refractivity contribution in [2.45, 2.75) is 40.2 Å². The predicted molar refractivity (Wildman–Crippen MR) is 57.4 cm³/mol. The molecule has 0 atom stereocenters. The van der Waals surface area contributed by atoms with E-state index in [9.17, 15) is 0 Å². The Balaban J connectivity index is 2.21. The monoisotopic (exact) mass is 196 g/mol. The van der Waals surface area contributed by atoms with E-state index in [-0.39, 0.29) is 0 Å². The Morgan fingerprint density at radius 1 is 1.36 bits per heavy atom. The van der Waals surface area contributed by atoms with Crippen molar-refractivity contribution in [3.63, 3.8) is 0 Å². The molecule has 0 unspecified atom stereocenters. The Bertz CT molecular complexity index is 268. The molecule has 0 spiro atoms. The molecule has 0 saturated carbocycles. The second-order valence-electron chi connectivity index (χ2n) is 3.57. The van der Waals surface area contributed by atoms with Crippen molar-refractivity contribution in [1.29, 1.82) is 0 Å². The number of aryl methyl sites for hydroxylation is 2. The van der Waals surface area contributed by atoms with Gasteiger partial charge < -0.3 is 9.30 Å². The van der Waals surface area contributed by atoms with Crippen LogP contribution < -0.4 is 0 Å². The zero-order valence-corrected chi connectivity index (χ0v) is 9.42. The summed E-state index contributed by atoms with van der Waals surface area (Å²) in [5, 5.41) is 0. The third-order valence-electron chi connectivity index (χ3n) is 2.38. The Morgan fingerprint density at radius 2 is 2.14 bits per heavy atom. The van der Waals surface area contributed by atoms with Crippen LogP contribution in [0.5, 0.6) is 0 Å². The zero-order valence-electron chi connectivity index (χ0n) is 9.42. The van der Waals surface area contributed by atoms with Crippen molar-refractivity contribution in [2.24, 2.45) is 0 Å². The highest BCUT2D eigenvalue weighted by molar-refractivity contribution is 5.08. The summed E-state index contributed by atoms with van der Waals surface area (Å²) in [5.41, 5.74) is 2.39. The van der Waals surface area contributed by atoms with Crippen molar-refractivity contribution >= 4 is 0 Å². The summed E-state index contributed by atoms with van der Waals surface area (Å²) in [5.74, 6) is 0. The number of hydrogen-bond acceptors (Lipinski definition) is 2. The van der Waals surface area contributed by atoms with Gasteiger partial charge in [-0.05, 0) is 26.7 Å². The molecule has 0 saturated heterocycles. The molecule has 0 amide bonds. The molecule has 0 aliphatic rings. The highest BCUT2D eigenvalue weighted by atomic mass is 16.5. The SMILES string of the molecule is CCCOCCCn1cnc(C)c1C. The van der Waals surface area contributed by atoms with E-state index in [4.69, 9.17) is 4.74 Å². The Kier molecular flexibility index (Phi) is 4.66. The molecule has 14 heavy (non-hydrogen) atoms. The number of hydrogen-bond donors (Lipinski definition) is 0. The molecule has 0 aliphatic carbocycles. The van der Waals surface area contributed by atoms with Crippen molar-refractivity contribution in [3.05, 3.63) is 17.7 Å². The summed E-state index contributed by atoms with van der Waals surface area (Å²) in [4.78, 5) is 4.25. The number of ether oxygens (including phenoxy) is 1. The summed E-state index contributed by atoms with van der Waals surface area (Å²) in [7, 11) is 0. The molecule has 80 valence electrons. The van der Waals surface area contributed by atoms with Crippen LogP contribution in [-0.2, 0) is 11.3 Å². The molecule has 0 bridgehead atoms. The molecule has 0 fully saturated rings. The highest BCUT2D eigenvalue weighted by Gasteiger charge is 2.00. The van der Waals surface area contributed by atoms with Crippen LogP contribution in [-0.4, -0.2) is 22.8 Å². The summed E-state index contributed by atoms with van der Waals surface area (Å²) in [6.07, 6.45) is 4.07. The summed E-state index contributed by atoms with van der Waals surface area (Å²) in [6, 6.07) is 0. The first-order valence-electron chi connectivity index (χ1n) is 5.31. The van der Waals surface area contributed by atoms with Crippen LogP contribution in [0, 0.1) is 13.8 Å². The lowest BCUT2D eigenvalue weighted by Gasteiger charge is -2.05. The van der Waals surface area contributed by atoms with Gasteiger partial charge in [0.05, 0.1) is 12.0 Å². The van der Waals surface area contributed by atoms with Gasteiger partial charge in [0.2, 0.25) is 0 Å². The van der Waals surface area contributed by atoms with Crippen LogP contribution in [0.3, 0.4) is 0 Å². The average Bonchev–Trinajstić information content (AvgIpc) is 2.49.